The fourth-order valence-corrected chi connectivity index (χ4v) is 1.71. The molecule has 1 saturated carbocycles. The van der Waals surface area contributed by atoms with E-state index in [9.17, 15) is 4.79 Å². The van der Waals surface area contributed by atoms with E-state index in [4.69, 9.17) is 5.11 Å². The smallest absolute Gasteiger partial charge is 0.303 e. The molecule has 1 aliphatic rings. The average Bonchev–Trinajstić information content (AvgIpc) is 2.06. The third-order valence-corrected chi connectivity index (χ3v) is 2.90. The van der Waals surface area contributed by atoms with E-state index in [0.29, 0.717) is 6.42 Å². The molecule has 1 aliphatic carbocycles. The number of unbranched alkanes of at least 4 members (excludes halogenated alkanes) is 2. The SMILES string of the molecule is O=C(O)CCCCCNCC1CCC1. The Kier molecular flexibility index (Phi) is 5.60. The van der Waals surface area contributed by atoms with Crippen LogP contribution in [0.15, 0.2) is 0 Å². The summed E-state index contributed by atoms with van der Waals surface area (Å²) in [5, 5.41) is 11.8. The van der Waals surface area contributed by atoms with Gasteiger partial charge in [0, 0.05) is 6.42 Å². The van der Waals surface area contributed by atoms with Crippen molar-refractivity contribution in [2.24, 2.45) is 5.92 Å². The summed E-state index contributed by atoms with van der Waals surface area (Å²) in [5.41, 5.74) is 0. The zero-order valence-corrected chi connectivity index (χ0v) is 8.80. The lowest BCUT2D eigenvalue weighted by molar-refractivity contribution is -0.137. The molecule has 0 bridgehead atoms. The van der Waals surface area contributed by atoms with Crippen LogP contribution in [0.4, 0.5) is 0 Å². The molecule has 0 aromatic heterocycles. The molecular formula is C11H21NO2. The highest BCUT2D eigenvalue weighted by atomic mass is 16.4. The summed E-state index contributed by atoms with van der Waals surface area (Å²) >= 11 is 0. The first-order chi connectivity index (χ1) is 6.79. The van der Waals surface area contributed by atoms with E-state index in [-0.39, 0.29) is 0 Å². The van der Waals surface area contributed by atoms with Crippen LogP contribution in [0.1, 0.15) is 44.9 Å². The Balaban J connectivity index is 1.73. The fourth-order valence-electron chi connectivity index (χ4n) is 1.71. The predicted octanol–water partition coefficient (Wildman–Crippen LogP) is 2.02. The molecule has 1 rings (SSSR count). The minimum atomic E-state index is -0.674. The molecule has 0 amide bonds. The van der Waals surface area contributed by atoms with E-state index in [1.54, 1.807) is 0 Å². The first-order valence-electron chi connectivity index (χ1n) is 5.71. The van der Waals surface area contributed by atoms with Crippen LogP contribution >= 0.6 is 0 Å². The van der Waals surface area contributed by atoms with Crippen molar-refractivity contribution in [1.29, 1.82) is 0 Å². The second kappa shape index (κ2) is 6.82. The summed E-state index contributed by atoms with van der Waals surface area (Å²) in [6, 6.07) is 0. The molecule has 0 spiro atoms. The van der Waals surface area contributed by atoms with Gasteiger partial charge in [-0.2, -0.15) is 0 Å². The molecular weight excluding hydrogens is 178 g/mol. The zero-order chi connectivity index (χ0) is 10.2. The molecule has 14 heavy (non-hydrogen) atoms. The van der Waals surface area contributed by atoms with Crippen molar-refractivity contribution in [2.75, 3.05) is 13.1 Å². The minimum Gasteiger partial charge on any atom is -0.481 e. The molecule has 2 N–H and O–H groups in total. The van der Waals surface area contributed by atoms with Crippen molar-refractivity contribution in [3.05, 3.63) is 0 Å². The molecule has 0 atom stereocenters. The molecule has 3 heteroatoms. The highest BCUT2D eigenvalue weighted by Gasteiger charge is 2.15. The number of carboxylic acids is 1. The van der Waals surface area contributed by atoms with Gasteiger partial charge in [-0.1, -0.05) is 12.8 Å². The summed E-state index contributed by atoms with van der Waals surface area (Å²) < 4.78 is 0. The van der Waals surface area contributed by atoms with Crippen molar-refractivity contribution in [3.8, 4) is 0 Å². The van der Waals surface area contributed by atoms with E-state index in [0.717, 1.165) is 31.7 Å². The third-order valence-electron chi connectivity index (χ3n) is 2.90. The fraction of sp³-hybridized carbons (Fsp3) is 0.909. The number of carboxylic acid groups (broad SMARTS) is 1. The van der Waals surface area contributed by atoms with Gasteiger partial charge in [0.2, 0.25) is 0 Å². The third kappa shape index (κ3) is 5.22. The summed E-state index contributed by atoms with van der Waals surface area (Å²) in [5.74, 6) is 0.251. The Bertz CT molecular complexity index is 167. The van der Waals surface area contributed by atoms with Crippen LogP contribution in [-0.2, 0) is 4.79 Å². The summed E-state index contributed by atoms with van der Waals surface area (Å²) in [6.07, 6.45) is 7.48. The number of hydrogen-bond donors (Lipinski definition) is 2. The van der Waals surface area contributed by atoms with Crippen LogP contribution in [0.25, 0.3) is 0 Å². The molecule has 3 nitrogen and oxygen atoms in total. The second-order valence-electron chi connectivity index (χ2n) is 4.21. The van der Waals surface area contributed by atoms with Crippen LogP contribution in [0.5, 0.6) is 0 Å². The zero-order valence-electron chi connectivity index (χ0n) is 8.80. The van der Waals surface area contributed by atoms with Gasteiger partial charge in [0.05, 0.1) is 0 Å². The van der Waals surface area contributed by atoms with Gasteiger partial charge in [0.25, 0.3) is 0 Å². The van der Waals surface area contributed by atoms with Crippen LogP contribution < -0.4 is 5.32 Å². The van der Waals surface area contributed by atoms with E-state index >= 15 is 0 Å². The molecule has 0 aliphatic heterocycles. The van der Waals surface area contributed by atoms with Crippen molar-refractivity contribution >= 4 is 5.97 Å². The lowest BCUT2D eigenvalue weighted by atomic mass is 9.85. The molecule has 0 aromatic carbocycles. The quantitative estimate of drug-likeness (QED) is 0.588. The van der Waals surface area contributed by atoms with Crippen LogP contribution in [-0.4, -0.2) is 24.2 Å². The lowest BCUT2D eigenvalue weighted by Gasteiger charge is -2.25. The van der Waals surface area contributed by atoms with Crippen molar-refractivity contribution in [2.45, 2.75) is 44.9 Å². The van der Waals surface area contributed by atoms with Gasteiger partial charge in [0.1, 0.15) is 0 Å². The molecule has 82 valence electrons. The standard InChI is InChI=1S/C11H21NO2/c13-11(14)7-2-1-3-8-12-9-10-5-4-6-10/h10,12H,1-9H2,(H,13,14). The van der Waals surface area contributed by atoms with Crippen LogP contribution in [0.3, 0.4) is 0 Å². The number of rotatable bonds is 8. The highest BCUT2D eigenvalue weighted by Crippen LogP contribution is 2.24. The topological polar surface area (TPSA) is 49.3 Å². The predicted molar refractivity (Wildman–Crippen MR) is 56.3 cm³/mol. The van der Waals surface area contributed by atoms with Gasteiger partial charge in [-0.25, -0.2) is 0 Å². The Hall–Kier alpha value is -0.570. The lowest BCUT2D eigenvalue weighted by Crippen LogP contribution is -2.27. The monoisotopic (exact) mass is 199 g/mol. The first-order valence-corrected chi connectivity index (χ1v) is 5.71. The molecule has 0 aromatic rings. The van der Waals surface area contributed by atoms with E-state index in [2.05, 4.69) is 5.32 Å². The maximum Gasteiger partial charge on any atom is 0.303 e. The Morgan fingerprint density at radius 2 is 2.07 bits per heavy atom. The van der Waals surface area contributed by atoms with Gasteiger partial charge in [0.15, 0.2) is 0 Å². The molecule has 1 fully saturated rings. The van der Waals surface area contributed by atoms with Gasteiger partial charge in [-0.3, -0.25) is 4.79 Å². The van der Waals surface area contributed by atoms with E-state index in [1.165, 1.54) is 25.8 Å². The van der Waals surface area contributed by atoms with E-state index in [1.807, 2.05) is 0 Å². The average molecular weight is 199 g/mol. The molecule has 0 unspecified atom stereocenters. The van der Waals surface area contributed by atoms with Gasteiger partial charge in [-0.15, -0.1) is 0 Å². The minimum absolute atomic E-state index is 0.322. The number of carbonyl (C=O) groups is 1. The van der Waals surface area contributed by atoms with Gasteiger partial charge >= 0.3 is 5.97 Å². The van der Waals surface area contributed by atoms with E-state index < -0.39 is 5.97 Å². The summed E-state index contributed by atoms with van der Waals surface area (Å²) in [6.45, 7) is 2.22. The Labute approximate surface area is 85.9 Å². The number of nitrogens with one attached hydrogen (secondary N) is 1. The number of hydrogen-bond acceptors (Lipinski definition) is 2. The van der Waals surface area contributed by atoms with Crippen molar-refractivity contribution in [1.82, 2.24) is 5.32 Å². The van der Waals surface area contributed by atoms with Crippen LogP contribution in [0, 0.1) is 5.92 Å². The van der Waals surface area contributed by atoms with Gasteiger partial charge in [-0.05, 0) is 44.7 Å². The first kappa shape index (κ1) is 11.5. The van der Waals surface area contributed by atoms with Crippen molar-refractivity contribution in [3.63, 3.8) is 0 Å². The molecule has 0 radical (unpaired) electrons. The Morgan fingerprint density at radius 3 is 2.64 bits per heavy atom. The summed E-state index contributed by atoms with van der Waals surface area (Å²) in [4.78, 5) is 10.2. The van der Waals surface area contributed by atoms with Crippen LogP contribution in [0.2, 0.25) is 0 Å². The highest BCUT2D eigenvalue weighted by molar-refractivity contribution is 5.66. The largest absolute Gasteiger partial charge is 0.481 e. The normalized spacial score (nSPS) is 16.6. The number of aliphatic carboxylic acids is 1. The van der Waals surface area contributed by atoms with Crippen molar-refractivity contribution < 1.29 is 9.90 Å². The Morgan fingerprint density at radius 1 is 1.29 bits per heavy atom. The second-order valence-corrected chi connectivity index (χ2v) is 4.21. The maximum atomic E-state index is 10.2. The van der Waals surface area contributed by atoms with Gasteiger partial charge < -0.3 is 10.4 Å². The molecule has 0 saturated heterocycles. The maximum absolute atomic E-state index is 10.2. The molecule has 0 heterocycles. The summed E-state index contributed by atoms with van der Waals surface area (Å²) in [7, 11) is 0.